The Labute approximate surface area is 98.0 Å². The number of halogens is 2. The van der Waals surface area contributed by atoms with Crippen LogP contribution in [0.1, 0.15) is 11.1 Å². The lowest BCUT2D eigenvalue weighted by molar-refractivity contribution is 0.628. The van der Waals surface area contributed by atoms with E-state index in [9.17, 15) is 4.39 Å². The quantitative estimate of drug-likeness (QED) is 0.761. The molecule has 0 amide bonds. The topological polar surface area (TPSA) is 23.9 Å². The Balaban J connectivity index is 2.40. The van der Waals surface area contributed by atoms with Gasteiger partial charge in [0.25, 0.3) is 0 Å². The first-order valence-corrected chi connectivity index (χ1v) is 5.15. The van der Waals surface area contributed by atoms with Crippen molar-refractivity contribution in [3.63, 3.8) is 0 Å². The number of hydrogen-bond acceptors (Lipinski definition) is 1. The lowest BCUT2D eigenvalue weighted by atomic mass is 10.0. The van der Waals surface area contributed by atoms with Crippen molar-refractivity contribution in [1.82, 2.24) is 0 Å². The van der Waals surface area contributed by atoms with E-state index in [1.54, 1.807) is 24.3 Å². The molecular formula is C13H9ClFN. The second-order valence-corrected chi connectivity index (χ2v) is 3.77. The van der Waals surface area contributed by atoms with E-state index in [2.05, 4.69) is 0 Å². The molecule has 0 aliphatic rings. The zero-order valence-electron chi connectivity index (χ0n) is 8.37. The molecule has 0 aliphatic heterocycles. The fourth-order valence-corrected chi connectivity index (χ4v) is 1.67. The minimum absolute atomic E-state index is 0.297. The van der Waals surface area contributed by atoms with E-state index in [4.69, 9.17) is 17.0 Å². The highest BCUT2D eigenvalue weighted by Crippen LogP contribution is 2.19. The van der Waals surface area contributed by atoms with Gasteiger partial charge in [-0.2, -0.15) is 0 Å². The Morgan fingerprint density at radius 1 is 1.00 bits per heavy atom. The van der Waals surface area contributed by atoms with Crippen molar-refractivity contribution in [3.8, 4) is 0 Å². The highest BCUT2D eigenvalue weighted by molar-refractivity contribution is 6.35. The maximum Gasteiger partial charge on any atom is 0.123 e. The van der Waals surface area contributed by atoms with Crippen LogP contribution in [-0.4, -0.2) is 5.71 Å². The van der Waals surface area contributed by atoms with Crippen LogP contribution in [0.3, 0.4) is 0 Å². The second-order valence-electron chi connectivity index (χ2n) is 3.36. The van der Waals surface area contributed by atoms with Crippen molar-refractivity contribution in [2.75, 3.05) is 0 Å². The summed E-state index contributed by atoms with van der Waals surface area (Å²) >= 11 is 5.99. The van der Waals surface area contributed by atoms with Crippen LogP contribution >= 0.6 is 11.6 Å². The number of hydrogen-bond donors (Lipinski definition) is 1. The summed E-state index contributed by atoms with van der Waals surface area (Å²) in [5, 5.41) is 8.50. The zero-order chi connectivity index (χ0) is 11.5. The molecule has 2 rings (SSSR count). The lowest BCUT2D eigenvalue weighted by Gasteiger charge is -2.06. The van der Waals surface area contributed by atoms with Crippen LogP contribution in [0, 0.1) is 11.2 Å². The Bertz CT molecular complexity index is 520. The number of benzene rings is 2. The molecule has 2 aromatic carbocycles. The lowest BCUT2D eigenvalue weighted by Crippen LogP contribution is -2.01. The van der Waals surface area contributed by atoms with Gasteiger partial charge >= 0.3 is 0 Å². The summed E-state index contributed by atoms with van der Waals surface area (Å²) in [6, 6.07) is 12.9. The van der Waals surface area contributed by atoms with Crippen molar-refractivity contribution >= 4 is 17.3 Å². The highest BCUT2D eigenvalue weighted by Gasteiger charge is 2.07. The van der Waals surface area contributed by atoms with Gasteiger partial charge < -0.3 is 0 Å². The standard InChI is InChI=1S/C13H9ClFN/c14-12-4-2-1-3-11(12)13(16)9-5-7-10(15)8-6-9/h1-8,16H. The zero-order valence-corrected chi connectivity index (χ0v) is 9.13. The molecule has 0 bridgehead atoms. The van der Waals surface area contributed by atoms with Crippen LogP contribution < -0.4 is 0 Å². The third kappa shape index (κ3) is 2.12. The molecule has 2 aromatic rings. The van der Waals surface area contributed by atoms with E-state index in [0.717, 1.165) is 0 Å². The summed E-state index contributed by atoms with van der Waals surface area (Å²) in [5.74, 6) is -0.310. The largest absolute Gasteiger partial charge is 0.300 e. The summed E-state index contributed by atoms with van der Waals surface area (Å²) in [6.07, 6.45) is 0. The fraction of sp³-hybridized carbons (Fsp3) is 0. The average molecular weight is 234 g/mol. The molecule has 0 spiro atoms. The first kappa shape index (κ1) is 10.8. The van der Waals surface area contributed by atoms with Gasteiger partial charge in [-0.25, -0.2) is 4.39 Å². The predicted molar refractivity (Wildman–Crippen MR) is 63.8 cm³/mol. The first-order chi connectivity index (χ1) is 7.68. The van der Waals surface area contributed by atoms with E-state index >= 15 is 0 Å². The van der Waals surface area contributed by atoms with Gasteiger partial charge in [-0.3, -0.25) is 5.41 Å². The van der Waals surface area contributed by atoms with Crippen molar-refractivity contribution in [3.05, 3.63) is 70.5 Å². The molecular weight excluding hydrogens is 225 g/mol. The molecule has 0 aromatic heterocycles. The van der Waals surface area contributed by atoms with Gasteiger partial charge in [0.1, 0.15) is 5.82 Å². The van der Waals surface area contributed by atoms with Crippen LogP contribution in [0.25, 0.3) is 0 Å². The Hall–Kier alpha value is -1.67. The molecule has 1 nitrogen and oxygen atoms in total. The van der Waals surface area contributed by atoms with Gasteiger partial charge in [-0.05, 0) is 30.3 Å². The number of rotatable bonds is 2. The van der Waals surface area contributed by atoms with Gasteiger partial charge in [-0.1, -0.05) is 29.8 Å². The minimum atomic E-state index is -0.310. The highest BCUT2D eigenvalue weighted by atomic mass is 35.5. The van der Waals surface area contributed by atoms with E-state index in [-0.39, 0.29) is 5.82 Å². The third-order valence-corrected chi connectivity index (χ3v) is 2.61. The molecule has 0 fully saturated rings. The van der Waals surface area contributed by atoms with Gasteiger partial charge in [0.05, 0.1) is 5.71 Å². The summed E-state index contributed by atoms with van der Waals surface area (Å²) in [6.45, 7) is 0. The molecule has 0 saturated carbocycles. The maximum atomic E-state index is 12.7. The summed E-state index contributed by atoms with van der Waals surface area (Å²) in [4.78, 5) is 0. The van der Waals surface area contributed by atoms with Gasteiger partial charge in [-0.15, -0.1) is 0 Å². The van der Waals surface area contributed by atoms with E-state index in [1.165, 1.54) is 12.1 Å². The van der Waals surface area contributed by atoms with Crippen LogP contribution in [0.15, 0.2) is 48.5 Å². The predicted octanol–water partition coefficient (Wildman–Crippen LogP) is 3.90. The van der Waals surface area contributed by atoms with Gasteiger partial charge in [0, 0.05) is 16.1 Å². The molecule has 0 unspecified atom stereocenters. The summed E-state index contributed by atoms with van der Waals surface area (Å²) in [7, 11) is 0. The summed E-state index contributed by atoms with van der Waals surface area (Å²) < 4.78 is 12.7. The van der Waals surface area contributed by atoms with Crippen molar-refractivity contribution in [2.24, 2.45) is 0 Å². The Kier molecular flexibility index (Phi) is 3.02. The van der Waals surface area contributed by atoms with E-state index in [0.29, 0.717) is 21.9 Å². The SMILES string of the molecule is N=C(c1ccc(F)cc1)c1ccccc1Cl. The van der Waals surface area contributed by atoms with Gasteiger partial charge in [0.2, 0.25) is 0 Å². The van der Waals surface area contributed by atoms with Crippen molar-refractivity contribution in [2.45, 2.75) is 0 Å². The van der Waals surface area contributed by atoms with Crippen LogP contribution in [-0.2, 0) is 0 Å². The molecule has 3 heteroatoms. The fourth-order valence-electron chi connectivity index (χ4n) is 1.44. The molecule has 0 heterocycles. The molecule has 80 valence electrons. The molecule has 0 radical (unpaired) electrons. The van der Waals surface area contributed by atoms with Crippen molar-refractivity contribution in [1.29, 1.82) is 5.41 Å². The van der Waals surface area contributed by atoms with E-state index < -0.39 is 0 Å². The third-order valence-electron chi connectivity index (χ3n) is 2.28. The van der Waals surface area contributed by atoms with E-state index in [1.807, 2.05) is 12.1 Å². The molecule has 1 N–H and O–H groups in total. The van der Waals surface area contributed by atoms with Crippen LogP contribution in [0.4, 0.5) is 4.39 Å². The molecule has 0 aliphatic carbocycles. The number of nitrogens with one attached hydrogen (secondary N) is 1. The molecule has 16 heavy (non-hydrogen) atoms. The molecule has 0 atom stereocenters. The Morgan fingerprint density at radius 3 is 2.25 bits per heavy atom. The second kappa shape index (κ2) is 4.45. The molecule has 0 saturated heterocycles. The Morgan fingerprint density at radius 2 is 1.62 bits per heavy atom. The maximum absolute atomic E-state index is 12.7. The van der Waals surface area contributed by atoms with Crippen molar-refractivity contribution < 1.29 is 4.39 Å². The normalized spacial score (nSPS) is 10.1. The smallest absolute Gasteiger partial charge is 0.123 e. The van der Waals surface area contributed by atoms with Crippen LogP contribution in [0.2, 0.25) is 5.02 Å². The van der Waals surface area contributed by atoms with Gasteiger partial charge in [0.15, 0.2) is 0 Å². The monoisotopic (exact) mass is 233 g/mol. The average Bonchev–Trinajstić information content (AvgIpc) is 2.30. The van der Waals surface area contributed by atoms with Crippen LogP contribution in [0.5, 0.6) is 0 Å². The minimum Gasteiger partial charge on any atom is -0.300 e. The first-order valence-electron chi connectivity index (χ1n) is 4.78. The summed E-state index contributed by atoms with van der Waals surface area (Å²) in [5.41, 5.74) is 1.59.